The van der Waals surface area contributed by atoms with Gasteiger partial charge in [-0.1, -0.05) is 31.0 Å². The number of piperidine rings is 2. The van der Waals surface area contributed by atoms with Gasteiger partial charge >= 0.3 is 6.03 Å². The van der Waals surface area contributed by atoms with Crippen molar-refractivity contribution in [3.63, 3.8) is 0 Å². The SMILES string of the molecule is Cc1cc(C)cc(-c2[nH]c3sc(C(C)(C)CC4C5CCC4C(=O)N5)cc3c2CCN2CCC(NC(=O)N3CCOCC3)CC2)c1. The van der Waals surface area contributed by atoms with Gasteiger partial charge in [-0.15, -0.1) is 11.3 Å². The van der Waals surface area contributed by atoms with Crippen molar-refractivity contribution in [1.29, 1.82) is 0 Å². The number of ether oxygens (including phenoxy) is 1. The second kappa shape index (κ2) is 12.4. The average molecular weight is 632 g/mol. The van der Waals surface area contributed by atoms with Gasteiger partial charge in [0.25, 0.3) is 0 Å². The number of morpholine rings is 1. The molecule has 3 atom stereocenters. The molecule has 0 radical (unpaired) electrons. The lowest BCUT2D eigenvalue weighted by atomic mass is 9.78. The number of aromatic nitrogens is 1. The Labute approximate surface area is 271 Å². The van der Waals surface area contributed by atoms with Crippen LogP contribution in [-0.2, 0) is 21.4 Å². The summed E-state index contributed by atoms with van der Waals surface area (Å²) < 4.78 is 5.40. The lowest BCUT2D eigenvalue weighted by Gasteiger charge is -2.34. The minimum Gasteiger partial charge on any atom is -0.378 e. The van der Waals surface area contributed by atoms with Gasteiger partial charge in [0, 0.05) is 61.0 Å². The summed E-state index contributed by atoms with van der Waals surface area (Å²) in [6, 6.07) is 9.96. The van der Waals surface area contributed by atoms with Crippen molar-refractivity contribution < 1.29 is 14.3 Å². The Hall–Kier alpha value is -2.88. The molecular formula is C36H49N5O3S. The maximum absolute atomic E-state index is 12.7. The number of aromatic amines is 1. The largest absolute Gasteiger partial charge is 0.378 e. The number of H-pyrrole nitrogens is 1. The molecule has 3 N–H and O–H groups in total. The quantitative estimate of drug-likeness (QED) is 0.295. The van der Waals surface area contributed by atoms with Gasteiger partial charge in [0.1, 0.15) is 4.83 Å². The number of rotatable bonds is 8. The van der Waals surface area contributed by atoms with Crippen molar-refractivity contribution in [3.8, 4) is 11.3 Å². The number of benzene rings is 1. The first-order chi connectivity index (χ1) is 21.6. The minimum atomic E-state index is 0.00717. The van der Waals surface area contributed by atoms with Crippen LogP contribution in [0.1, 0.15) is 67.5 Å². The Kier molecular flexibility index (Phi) is 8.46. The topological polar surface area (TPSA) is 89.7 Å². The number of likely N-dealkylation sites (tertiary alicyclic amines) is 1. The summed E-state index contributed by atoms with van der Waals surface area (Å²) in [5.74, 6) is 0.914. The van der Waals surface area contributed by atoms with Crippen LogP contribution in [0, 0.1) is 25.7 Å². The Morgan fingerprint density at radius 2 is 1.76 bits per heavy atom. The van der Waals surface area contributed by atoms with Crippen LogP contribution in [0.2, 0.25) is 0 Å². The van der Waals surface area contributed by atoms with Gasteiger partial charge in [0.05, 0.1) is 18.9 Å². The fraction of sp³-hybridized carbons (Fsp3) is 0.611. The van der Waals surface area contributed by atoms with E-state index >= 15 is 0 Å². The molecule has 3 amide bonds. The zero-order chi connectivity index (χ0) is 31.3. The Bertz CT molecular complexity index is 1540. The summed E-state index contributed by atoms with van der Waals surface area (Å²) >= 11 is 1.90. The van der Waals surface area contributed by atoms with Gasteiger partial charge in [-0.3, -0.25) is 4.79 Å². The molecule has 0 spiro atoms. The number of hydrogen-bond acceptors (Lipinski definition) is 5. The molecule has 242 valence electrons. The van der Waals surface area contributed by atoms with Gasteiger partial charge in [0.15, 0.2) is 0 Å². The molecule has 3 aromatic rings. The molecule has 9 heteroatoms. The molecular weight excluding hydrogens is 582 g/mol. The second-order valence-corrected chi connectivity index (χ2v) is 15.7. The molecule has 7 rings (SSSR count). The fourth-order valence-electron chi connectivity index (χ4n) is 8.43. The Balaban J connectivity index is 1.07. The molecule has 2 aromatic heterocycles. The minimum absolute atomic E-state index is 0.00717. The third kappa shape index (κ3) is 6.28. The van der Waals surface area contributed by atoms with Crippen LogP contribution in [-0.4, -0.2) is 84.7 Å². The molecule has 4 fully saturated rings. The van der Waals surface area contributed by atoms with Gasteiger partial charge in [-0.2, -0.15) is 0 Å². The van der Waals surface area contributed by atoms with Crippen molar-refractivity contribution in [2.24, 2.45) is 11.8 Å². The predicted octanol–water partition coefficient (Wildman–Crippen LogP) is 5.75. The summed E-state index contributed by atoms with van der Waals surface area (Å²) in [4.78, 5) is 36.1. The van der Waals surface area contributed by atoms with Crippen molar-refractivity contribution in [1.82, 2.24) is 25.4 Å². The lowest BCUT2D eigenvalue weighted by Crippen LogP contribution is -2.52. The number of carbonyl (C=O) groups excluding carboxylic acids is 2. The average Bonchev–Trinajstić information content (AvgIpc) is 3.76. The number of hydrogen-bond donors (Lipinski definition) is 3. The van der Waals surface area contributed by atoms with Crippen molar-refractivity contribution in [2.45, 2.75) is 83.7 Å². The predicted molar refractivity (Wildman–Crippen MR) is 181 cm³/mol. The van der Waals surface area contributed by atoms with Gasteiger partial charge in [0.2, 0.25) is 5.91 Å². The van der Waals surface area contributed by atoms with E-state index in [1.165, 1.54) is 43.0 Å². The molecule has 3 saturated heterocycles. The number of nitrogens with zero attached hydrogens (tertiary/aromatic N) is 2. The first-order valence-electron chi connectivity index (χ1n) is 17.0. The highest BCUT2D eigenvalue weighted by Crippen LogP contribution is 2.47. The molecule has 8 nitrogen and oxygen atoms in total. The van der Waals surface area contributed by atoms with Crippen LogP contribution in [0.15, 0.2) is 24.3 Å². The first-order valence-corrected chi connectivity index (χ1v) is 17.9. The normalized spacial score (nSPS) is 24.5. The highest BCUT2D eigenvalue weighted by molar-refractivity contribution is 7.18. The second-order valence-electron chi connectivity index (χ2n) is 14.7. The number of amides is 3. The molecule has 1 aliphatic carbocycles. The van der Waals surface area contributed by atoms with E-state index in [1.54, 1.807) is 0 Å². The van der Waals surface area contributed by atoms with Crippen LogP contribution in [0.3, 0.4) is 0 Å². The van der Waals surface area contributed by atoms with Crippen molar-refractivity contribution >= 4 is 33.5 Å². The third-order valence-electron chi connectivity index (χ3n) is 10.9. The Morgan fingerprint density at radius 3 is 2.42 bits per heavy atom. The number of carbonyl (C=O) groups is 2. The summed E-state index contributed by atoms with van der Waals surface area (Å²) in [5, 5.41) is 7.88. The van der Waals surface area contributed by atoms with Gasteiger partial charge < -0.3 is 30.2 Å². The molecule has 2 bridgehead atoms. The van der Waals surface area contributed by atoms with Crippen LogP contribution >= 0.6 is 11.3 Å². The van der Waals surface area contributed by atoms with E-state index in [1.807, 2.05) is 16.2 Å². The number of thiophene rings is 1. The fourth-order valence-corrected chi connectivity index (χ4v) is 9.63. The number of fused-ring (bicyclic) bond motifs is 3. The maximum Gasteiger partial charge on any atom is 0.317 e. The van der Waals surface area contributed by atoms with E-state index in [0.29, 0.717) is 38.3 Å². The molecule has 5 heterocycles. The molecule has 3 aliphatic heterocycles. The standard InChI is InChI=1S/C36H49N5O3S/c1-22-17-23(2)19-24(18-22)32-26(9-12-40-10-7-25(8-11-40)37-35(43)41-13-15-44-16-14-41)28-20-31(45-34(28)39-32)36(3,4)21-29-27-5-6-30(29)38-33(27)42/h17-20,25,27,29-30,39H,5-16,21H2,1-4H3,(H,37,43)(H,38,42). The third-order valence-corrected chi connectivity index (χ3v) is 12.3. The molecule has 4 aliphatic rings. The zero-order valence-corrected chi connectivity index (χ0v) is 28.2. The molecule has 3 unspecified atom stereocenters. The van der Waals surface area contributed by atoms with Crippen molar-refractivity contribution in [2.75, 3.05) is 45.9 Å². The highest BCUT2D eigenvalue weighted by Gasteiger charge is 2.49. The van der Waals surface area contributed by atoms with E-state index in [4.69, 9.17) is 4.74 Å². The number of nitrogens with one attached hydrogen (secondary N) is 3. The van der Waals surface area contributed by atoms with E-state index in [2.05, 4.69) is 72.5 Å². The summed E-state index contributed by atoms with van der Waals surface area (Å²) in [6.07, 6.45) is 6.17. The van der Waals surface area contributed by atoms with E-state index in [9.17, 15) is 9.59 Å². The van der Waals surface area contributed by atoms with Crippen LogP contribution in [0.4, 0.5) is 4.79 Å². The van der Waals surface area contributed by atoms with Crippen LogP contribution in [0.25, 0.3) is 21.5 Å². The molecule has 1 aromatic carbocycles. The van der Waals surface area contributed by atoms with E-state index in [-0.39, 0.29) is 29.3 Å². The smallest absolute Gasteiger partial charge is 0.317 e. The summed E-state index contributed by atoms with van der Waals surface area (Å²) in [6.45, 7) is 14.7. The van der Waals surface area contributed by atoms with Crippen LogP contribution in [0.5, 0.6) is 0 Å². The van der Waals surface area contributed by atoms with E-state index < -0.39 is 0 Å². The number of aryl methyl sites for hydroxylation is 2. The summed E-state index contributed by atoms with van der Waals surface area (Å²) in [7, 11) is 0. The van der Waals surface area contributed by atoms with Gasteiger partial charge in [-0.25, -0.2) is 4.79 Å². The Morgan fingerprint density at radius 1 is 1.02 bits per heavy atom. The maximum atomic E-state index is 12.7. The number of urea groups is 1. The van der Waals surface area contributed by atoms with E-state index in [0.717, 1.165) is 58.2 Å². The molecule has 45 heavy (non-hydrogen) atoms. The highest BCUT2D eigenvalue weighted by atomic mass is 32.1. The zero-order valence-electron chi connectivity index (χ0n) is 27.3. The lowest BCUT2D eigenvalue weighted by molar-refractivity contribution is -0.124. The van der Waals surface area contributed by atoms with Crippen LogP contribution < -0.4 is 10.6 Å². The monoisotopic (exact) mass is 631 g/mol. The summed E-state index contributed by atoms with van der Waals surface area (Å²) in [5.41, 5.74) is 6.51. The molecule has 1 saturated carbocycles. The first kappa shape index (κ1) is 30.8. The van der Waals surface area contributed by atoms with Gasteiger partial charge in [-0.05, 0) is 93.0 Å². The van der Waals surface area contributed by atoms with Crippen molar-refractivity contribution in [3.05, 3.63) is 45.8 Å².